The molecule has 1 saturated carbocycles. The second-order valence-corrected chi connectivity index (χ2v) is 10.1. The van der Waals surface area contributed by atoms with Gasteiger partial charge in [0.1, 0.15) is 12.2 Å². The Hall–Kier alpha value is -2.12. The number of ether oxygens (including phenoxy) is 2. The van der Waals surface area contributed by atoms with Crippen LogP contribution in [-0.2, 0) is 19.1 Å². The first-order valence-electron chi connectivity index (χ1n) is 11.8. The van der Waals surface area contributed by atoms with E-state index in [1.807, 2.05) is 53.4 Å². The fourth-order valence-corrected chi connectivity index (χ4v) is 5.10. The highest BCUT2D eigenvalue weighted by atomic mass is 35.5. The SMILES string of the molecule is O=C(C[C@@H]1O[C@@H](c2cccc(Cl)c2)[C@@H](c2ccc(Cl)cc2)N(CC2CC2)C1=O)N1CCOCC1. The van der Waals surface area contributed by atoms with Gasteiger partial charge in [0.25, 0.3) is 5.91 Å². The Morgan fingerprint density at radius 2 is 1.71 bits per heavy atom. The first kappa shape index (κ1) is 23.6. The van der Waals surface area contributed by atoms with Crippen molar-refractivity contribution in [1.82, 2.24) is 9.80 Å². The van der Waals surface area contributed by atoms with Crippen LogP contribution in [0.15, 0.2) is 48.5 Å². The summed E-state index contributed by atoms with van der Waals surface area (Å²) in [7, 11) is 0. The molecule has 5 rings (SSSR count). The summed E-state index contributed by atoms with van der Waals surface area (Å²) in [6.07, 6.45) is 0.930. The number of benzene rings is 2. The Balaban J connectivity index is 1.49. The maximum Gasteiger partial charge on any atom is 0.252 e. The first-order valence-corrected chi connectivity index (χ1v) is 12.6. The lowest BCUT2D eigenvalue weighted by Crippen LogP contribution is -2.53. The van der Waals surface area contributed by atoms with Crippen molar-refractivity contribution in [3.8, 4) is 0 Å². The van der Waals surface area contributed by atoms with Crippen molar-refractivity contribution in [2.45, 2.75) is 37.5 Å². The number of amides is 2. The zero-order chi connectivity index (χ0) is 23.7. The fraction of sp³-hybridized carbons (Fsp3) is 0.462. The van der Waals surface area contributed by atoms with Gasteiger partial charge in [-0.1, -0.05) is 47.5 Å². The number of rotatable bonds is 6. The molecule has 180 valence electrons. The number of carbonyl (C=O) groups excluding carboxylic acids is 2. The number of nitrogens with zero attached hydrogens (tertiary/aromatic N) is 2. The molecule has 0 aromatic heterocycles. The predicted molar refractivity (Wildman–Crippen MR) is 130 cm³/mol. The van der Waals surface area contributed by atoms with Crippen molar-refractivity contribution in [2.75, 3.05) is 32.8 Å². The third kappa shape index (κ3) is 5.25. The summed E-state index contributed by atoms with van der Waals surface area (Å²) in [6, 6.07) is 14.8. The topological polar surface area (TPSA) is 59.1 Å². The Kier molecular flexibility index (Phi) is 7.11. The number of hydrogen-bond acceptors (Lipinski definition) is 4. The van der Waals surface area contributed by atoms with Crippen LogP contribution in [0.3, 0.4) is 0 Å². The maximum atomic E-state index is 13.8. The molecule has 3 atom stereocenters. The molecule has 2 amide bonds. The van der Waals surface area contributed by atoms with Gasteiger partial charge in [-0.3, -0.25) is 9.59 Å². The van der Waals surface area contributed by atoms with Crippen molar-refractivity contribution in [2.24, 2.45) is 5.92 Å². The van der Waals surface area contributed by atoms with E-state index < -0.39 is 12.2 Å². The number of halogens is 2. The van der Waals surface area contributed by atoms with E-state index in [4.69, 9.17) is 32.7 Å². The molecule has 0 radical (unpaired) electrons. The predicted octanol–water partition coefficient (Wildman–Crippen LogP) is 4.66. The van der Waals surface area contributed by atoms with Gasteiger partial charge in [0, 0.05) is 29.7 Å². The molecule has 2 aromatic carbocycles. The lowest BCUT2D eigenvalue weighted by molar-refractivity contribution is -0.178. The minimum absolute atomic E-state index is 0.0183. The summed E-state index contributed by atoms with van der Waals surface area (Å²) in [4.78, 5) is 30.5. The van der Waals surface area contributed by atoms with E-state index in [1.54, 1.807) is 4.90 Å². The van der Waals surface area contributed by atoms with Crippen LogP contribution in [0.25, 0.3) is 0 Å². The normalized spacial score (nSPS) is 25.5. The number of hydrogen-bond donors (Lipinski definition) is 0. The van der Waals surface area contributed by atoms with Crippen molar-refractivity contribution in [1.29, 1.82) is 0 Å². The molecule has 2 heterocycles. The van der Waals surface area contributed by atoms with Gasteiger partial charge in [0.05, 0.1) is 25.7 Å². The van der Waals surface area contributed by atoms with Crippen LogP contribution in [0.5, 0.6) is 0 Å². The van der Waals surface area contributed by atoms with Gasteiger partial charge in [-0.15, -0.1) is 0 Å². The highest BCUT2D eigenvalue weighted by molar-refractivity contribution is 6.30. The summed E-state index contributed by atoms with van der Waals surface area (Å²) in [5.41, 5.74) is 1.82. The Morgan fingerprint density at radius 3 is 2.38 bits per heavy atom. The van der Waals surface area contributed by atoms with Crippen LogP contribution in [0, 0.1) is 5.92 Å². The molecule has 0 N–H and O–H groups in total. The van der Waals surface area contributed by atoms with Gasteiger partial charge in [-0.25, -0.2) is 0 Å². The molecule has 3 fully saturated rings. The lowest BCUT2D eigenvalue weighted by Gasteiger charge is -2.45. The van der Waals surface area contributed by atoms with Gasteiger partial charge in [0.15, 0.2) is 0 Å². The molecule has 2 saturated heterocycles. The minimum Gasteiger partial charge on any atom is -0.378 e. The quantitative estimate of drug-likeness (QED) is 0.576. The molecule has 6 nitrogen and oxygen atoms in total. The van der Waals surface area contributed by atoms with Crippen molar-refractivity contribution in [3.05, 3.63) is 69.7 Å². The van der Waals surface area contributed by atoms with E-state index in [1.165, 1.54) is 0 Å². The molecule has 0 spiro atoms. The summed E-state index contributed by atoms with van der Waals surface area (Å²) in [5.74, 6) is 0.266. The summed E-state index contributed by atoms with van der Waals surface area (Å²) >= 11 is 12.5. The van der Waals surface area contributed by atoms with Gasteiger partial charge in [-0.2, -0.15) is 0 Å². The smallest absolute Gasteiger partial charge is 0.252 e. The van der Waals surface area contributed by atoms with Crippen molar-refractivity contribution in [3.63, 3.8) is 0 Å². The average Bonchev–Trinajstić information content (AvgIpc) is 3.67. The van der Waals surface area contributed by atoms with Gasteiger partial charge in [0.2, 0.25) is 5.91 Å². The maximum absolute atomic E-state index is 13.8. The standard InChI is InChI=1S/C26H28Cl2N2O4/c27-20-8-6-18(7-9-20)24-25(19-2-1-3-21(28)14-19)34-22(26(32)30(24)16-17-4-5-17)15-23(31)29-10-12-33-13-11-29/h1-3,6-9,14,17,22,24-25H,4-5,10-13,15-16H2/t22-,24+,25-/m0/s1. The first-order chi connectivity index (χ1) is 16.5. The average molecular weight is 503 g/mol. The fourth-order valence-electron chi connectivity index (χ4n) is 4.77. The van der Waals surface area contributed by atoms with E-state index in [2.05, 4.69) is 0 Å². The molecular weight excluding hydrogens is 475 g/mol. The molecule has 34 heavy (non-hydrogen) atoms. The molecule has 0 unspecified atom stereocenters. The third-order valence-electron chi connectivity index (χ3n) is 6.76. The molecule has 1 aliphatic carbocycles. The van der Waals surface area contributed by atoms with Crippen molar-refractivity contribution >= 4 is 35.0 Å². The van der Waals surface area contributed by atoms with E-state index in [-0.39, 0.29) is 24.3 Å². The van der Waals surface area contributed by atoms with E-state index in [0.29, 0.717) is 48.8 Å². The highest BCUT2D eigenvalue weighted by Gasteiger charge is 2.46. The number of morpholine rings is 2. The molecule has 0 bridgehead atoms. The zero-order valence-electron chi connectivity index (χ0n) is 18.9. The van der Waals surface area contributed by atoms with Crippen LogP contribution in [0.4, 0.5) is 0 Å². The largest absolute Gasteiger partial charge is 0.378 e. The van der Waals surface area contributed by atoms with E-state index >= 15 is 0 Å². The van der Waals surface area contributed by atoms with Crippen molar-refractivity contribution < 1.29 is 19.1 Å². The summed E-state index contributed by atoms with van der Waals surface area (Å²) < 4.78 is 11.8. The van der Waals surface area contributed by atoms with Gasteiger partial charge in [-0.05, 0) is 54.2 Å². The summed E-state index contributed by atoms with van der Waals surface area (Å²) in [6.45, 7) is 2.76. The molecule has 3 aliphatic rings. The molecule has 2 aliphatic heterocycles. The van der Waals surface area contributed by atoms with Crippen LogP contribution in [-0.4, -0.2) is 60.6 Å². The lowest BCUT2D eigenvalue weighted by atomic mass is 9.91. The second-order valence-electron chi connectivity index (χ2n) is 9.23. The third-order valence-corrected chi connectivity index (χ3v) is 7.24. The Labute approximate surface area is 209 Å². The molecule has 8 heteroatoms. The van der Waals surface area contributed by atoms with E-state index in [0.717, 1.165) is 24.0 Å². The van der Waals surface area contributed by atoms with Gasteiger partial charge >= 0.3 is 0 Å². The minimum atomic E-state index is -0.846. The number of carbonyl (C=O) groups is 2. The van der Waals surface area contributed by atoms with Crippen LogP contribution < -0.4 is 0 Å². The Morgan fingerprint density at radius 1 is 0.971 bits per heavy atom. The molecular formula is C26H28Cl2N2O4. The second kappa shape index (κ2) is 10.2. The molecule has 2 aromatic rings. The zero-order valence-corrected chi connectivity index (χ0v) is 20.4. The van der Waals surface area contributed by atoms with Crippen LogP contribution >= 0.6 is 23.2 Å². The monoisotopic (exact) mass is 502 g/mol. The Bertz CT molecular complexity index is 1040. The van der Waals surface area contributed by atoms with Crippen LogP contribution in [0.1, 0.15) is 42.5 Å². The summed E-state index contributed by atoms with van der Waals surface area (Å²) in [5, 5.41) is 1.23. The van der Waals surface area contributed by atoms with E-state index in [9.17, 15) is 9.59 Å². The van der Waals surface area contributed by atoms with Crippen LogP contribution in [0.2, 0.25) is 10.0 Å². The van der Waals surface area contributed by atoms with Gasteiger partial charge < -0.3 is 19.3 Å². The highest BCUT2D eigenvalue weighted by Crippen LogP contribution is 2.45.